The summed E-state index contributed by atoms with van der Waals surface area (Å²) in [5, 5.41) is 0. The highest BCUT2D eigenvalue weighted by atomic mass is 32.2. The van der Waals surface area contributed by atoms with E-state index in [-0.39, 0.29) is 12.5 Å². The van der Waals surface area contributed by atoms with E-state index in [2.05, 4.69) is 9.46 Å². The van der Waals surface area contributed by atoms with Gasteiger partial charge in [0, 0.05) is 19.6 Å². The summed E-state index contributed by atoms with van der Waals surface area (Å²) in [5.74, 6) is -0.552. The van der Waals surface area contributed by atoms with Crippen molar-refractivity contribution in [3.8, 4) is 0 Å². The van der Waals surface area contributed by atoms with E-state index >= 15 is 0 Å². The van der Waals surface area contributed by atoms with Gasteiger partial charge in [0.25, 0.3) is 0 Å². The second-order valence-corrected chi connectivity index (χ2v) is 6.91. The third-order valence-electron chi connectivity index (χ3n) is 3.00. The van der Waals surface area contributed by atoms with E-state index in [0.29, 0.717) is 19.5 Å². The minimum Gasteiger partial charge on any atom is -0.362 e. The fraction of sp³-hybridized carbons (Fsp3) is 0.909. The van der Waals surface area contributed by atoms with E-state index in [1.54, 1.807) is 0 Å². The van der Waals surface area contributed by atoms with Gasteiger partial charge in [0.1, 0.15) is 13.2 Å². The molecule has 1 saturated heterocycles. The van der Waals surface area contributed by atoms with Gasteiger partial charge in [-0.25, -0.2) is 13.1 Å². The molecule has 1 N–H and O–H groups in total. The molecule has 1 aliphatic rings. The van der Waals surface area contributed by atoms with Crippen LogP contribution in [0.15, 0.2) is 0 Å². The zero-order chi connectivity index (χ0) is 16.1. The Kier molecular flexibility index (Phi) is 6.41. The predicted octanol–water partition coefficient (Wildman–Crippen LogP) is 0.353. The van der Waals surface area contributed by atoms with Crippen molar-refractivity contribution in [2.45, 2.75) is 19.0 Å². The van der Waals surface area contributed by atoms with Crippen LogP contribution in [0, 0.1) is 5.92 Å². The molecule has 0 aromatic rings. The number of halogens is 3. The molecule has 0 aliphatic carbocycles. The maximum absolute atomic E-state index is 11.9. The van der Waals surface area contributed by atoms with E-state index in [1.165, 1.54) is 4.90 Å². The van der Waals surface area contributed by atoms with Crippen molar-refractivity contribution in [1.29, 1.82) is 0 Å². The molecule has 1 rings (SSSR count). The van der Waals surface area contributed by atoms with Gasteiger partial charge < -0.3 is 9.64 Å². The number of nitrogens with one attached hydrogen (secondary N) is 1. The Morgan fingerprint density at radius 2 is 2.10 bits per heavy atom. The number of sulfonamides is 1. The summed E-state index contributed by atoms with van der Waals surface area (Å²) in [6.45, 7) is -1.09. The van der Waals surface area contributed by atoms with Gasteiger partial charge in [0.2, 0.25) is 15.9 Å². The molecular weight excluding hydrogens is 313 g/mol. The van der Waals surface area contributed by atoms with Crippen molar-refractivity contribution >= 4 is 15.9 Å². The Morgan fingerprint density at radius 3 is 2.67 bits per heavy atom. The van der Waals surface area contributed by atoms with Gasteiger partial charge in [-0.2, -0.15) is 13.2 Å². The van der Waals surface area contributed by atoms with Gasteiger partial charge in [0.15, 0.2) is 0 Å². The quantitative estimate of drug-likeness (QED) is 0.762. The van der Waals surface area contributed by atoms with Crippen LogP contribution in [-0.2, 0) is 19.6 Å². The van der Waals surface area contributed by atoms with Gasteiger partial charge in [0.05, 0.1) is 6.26 Å². The fourth-order valence-corrected chi connectivity index (χ4v) is 2.61. The molecule has 1 aliphatic heterocycles. The highest BCUT2D eigenvalue weighted by Gasteiger charge is 2.29. The number of piperidine rings is 1. The molecule has 0 bridgehead atoms. The second kappa shape index (κ2) is 7.41. The summed E-state index contributed by atoms with van der Waals surface area (Å²) in [5.41, 5.74) is 0. The smallest absolute Gasteiger partial charge is 0.362 e. The molecule has 1 amide bonds. The van der Waals surface area contributed by atoms with Crippen LogP contribution >= 0.6 is 0 Å². The highest BCUT2D eigenvalue weighted by Crippen LogP contribution is 2.17. The van der Waals surface area contributed by atoms with Crippen LogP contribution in [0.5, 0.6) is 0 Å². The molecule has 124 valence electrons. The van der Waals surface area contributed by atoms with E-state index in [9.17, 15) is 26.4 Å². The normalized spacial score (nSPS) is 20.6. The molecule has 1 atom stereocenters. The zero-order valence-corrected chi connectivity index (χ0v) is 12.5. The lowest BCUT2D eigenvalue weighted by Crippen LogP contribution is -2.45. The predicted molar refractivity (Wildman–Crippen MR) is 69.0 cm³/mol. The Morgan fingerprint density at radius 1 is 1.43 bits per heavy atom. The summed E-state index contributed by atoms with van der Waals surface area (Å²) in [6.07, 6.45) is -1.97. The monoisotopic (exact) mass is 332 g/mol. The number of nitrogens with zero attached hydrogens (tertiary/aromatic N) is 1. The molecule has 0 saturated carbocycles. The van der Waals surface area contributed by atoms with E-state index in [0.717, 1.165) is 12.7 Å². The summed E-state index contributed by atoms with van der Waals surface area (Å²) in [4.78, 5) is 13.1. The molecular formula is C11H19F3N2O4S. The molecule has 6 nitrogen and oxygen atoms in total. The number of hydrogen-bond acceptors (Lipinski definition) is 4. The number of ether oxygens (including phenoxy) is 1. The first-order valence-corrected chi connectivity index (χ1v) is 8.33. The Bertz CT molecular complexity index is 453. The van der Waals surface area contributed by atoms with Crippen LogP contribution in [0.3, 0.4) is 0 Å². The molecule has 0 aromatic carbocycles. The van der Waals surface area contributed by atoms with Gasteiger partial charge in [-0.05, 0) is 18.8 Å². The van der Waals surface area contributed by atoms with E-state index in [1.807, 2.05) is 0 Å². The van der Waals surface area contributed by atoms with Gasteiger partial charge >= 0.3 is 6.18 Å². The molecule has 0 unspecified atom stereocenters. The lowest BCUT2D eigenvalue weighted by molar-refractivity contribution is -0.178. The maximum atomic E-state index is 11.9. The van der Waals surface area contributed by atoms with Crippen LogP contribution in [0.1, 0.15) is 12.8 Å². The average molecular weight is 332 g/mol. The summed E-state index contributed by atoms with van der Waals surface area (Å²) < 4.78 is 64.4. The lowest BCUT2D eigenvalue weighted by atomic mass is 9.98. The van der Waals surface area contributed by atoms with Gasteiger partial charge in [-0.1, -0.05) is 0 Å². The van der Waals surface area contributed by atoms with Crippen molar-refractivity contribution in [2.75, 3.05) is 39.1 Å². The Labute approximate surface area is 121 Å². The number of carbonyl (C=O) groups excluding carboxylic acids is 1. The Hall–Kier alpha value is -0.870. The lowest BCUT2D eigenvalue weighted by Gasteiger charge is -2.32. The van der Waals surface area contributed by atoms with Crippen molar-refractivity contribution in [3.05, 3.63) is 0 Å². The summed E-state index contributed by atoms with van der Waals surface area (Å²) >= 11 is 0. The SMILES string of the molecule is CS(=O)(=O)NC[C@H]1CCCN(C(=O)COCC(F)(F)F)C1. The van der Waals surface area contributed by atoms with Crippen LogP contribution < -0.4 is 4.72 Å². The van der Waals surface area contributed by atoms with Crippen molar-refractivity contribution < 1.29 is 31.1 Å². The van der Waals surface area contributed by atoms with E-state index in [4.69, 9.17) is 0 Å². The summed E-state index contributed by atoms with van der Waals surface area (Å²) in [6, 6.07) is 0. The van der Waals surface area contributed by atoms with Crippen LogP contribution in [0.4, 0.5) is 13.2 Å². The van der Waals surface area contributed by atoms with E-state index < -0.39 is 35.3 Å². The molecule has 1 fully saturated rings. The Balaban J connectivity index is 2.36. The molecule has 0 radical (unpaired) electrons. The highest BCUT2D eigenvalue weighted by molar-refractivity contribution is 7.88. The topological polar surface area (TPSA) is 75.7 Å². The number of hydrogen-bond donors (Lipinski definition) is 1. The standard InChI is InChI=1S/C11H19F3N2O4S/c1-21(18,19)15-5-9-3-2-4-16(6-9)10(17)7-20-8-11(12,13)14/h9,15H,2-8H2,1H3/t9-/m1/s1. The molecule has 0 spiro atoms. The van der Waals surface area contributed by atoms with Crippen molar-refractivity contribution in [1.82, 2.24) is 9.62 Å². The number of amides is 1. The van der Waals surface area contributed by atoms with Gasteiger partial charge in [-0.3, -0.25) is 4.79 Å². The van der Waals surface area contributed by atoms with Crippen molar-refractivity contribution in [2.24, 2.45) is 5.92 Å². The minimum atomic E-state index is -4.45. The van der Waals surface area contributed by atoms with Crippen LogP contribution in [0.2, 0.25) is 0 Å². The maximum Gasteiger partial charge on any atom is 0.411 e. The number of likely N-dealkylation sites (tertiary alicyclic amines) is 1. The first-order valence-electron chi connectivity index (χ1n) is 6.44. The average Bonchev–Trinajstić information content (AvgIpc) is 2.34. The van der Waals surface area contributed by atoms with Crippen molar-refractivity contribution in [3.63, 3.8) is 0 Å². The third kappa shape index (κ3) is 8.22. The fourth-order valence-electron chi connectivity index (χ4n) is 2.07. The molecule has 21 heavy (non-hydrogen) atoms. The number of alkyl halides is 3. The second-order valence-electron chi connectivity index (χ2n) is 5.08. The first-order chi connectivity index (χ1) is 9.57. The third-order valence-corrected chi connectivity index (χ3v) is 3.69. The molecule has 0 aromatic heterocycles. The minimum absolute atomic E-state index is 0.0416. The molecule has 10 heteroatoms. The van der Waals surface area contributed by atoms with Gasteiger partial charge in [-0.15, -0.1) is 0 Å². The number of rotatable bonds is 6. The molecule has 1 heterocycles. The largest absolute Gasteiger partial charge is 0.411 e. The zero-order valence-electron chi connectivity index (χ0n) is 11.6. The summed E-state index contributed by atoms with van der Waals surface area (Å²) in [7, 11) is -3.29. The van der Waals surface area contributed by atoms with Crippen LogP contribution in [0.25, 0.3) is 0 Å². The number of carbonyl (C=O) groups is 1. The first kappa shape index (κ1) is 18.2. The van der Waals surface area contributed by atoms with Crippen LogP contribution in [-0.4, -0.2) is 64.5 Å².